The Hall–Kier alpha value is -2.47. The molecule has 7 heteroatoms. The van der Waals surface area contributed by atoms with Crippen molar-refractivity contribution >= 4 is 45.9 Å². The normalized spacial score (nSPS) is 13.8. The molecule has 2 heterocycles. The second kappa shape index (κ2) is 8.72. The largest absolute Gasteiger partial charge is 0.454 e. The summed E-state index contributed by atoms with van der Waals surface area (Å²) in [7, 11) is 0. The number of aromatic nitrogens is 1. The highest BCUT2D eigenvalue weighted by molar-refractivity contribution is 6.36. The monoisotopic (exact) mass is 442 g/mol. The molecule has 0 saturated carbocycles. The first-order chi connectivity index (χ1) is 14.5. The molecule has 0 fully saturated rings. The summed E-state index contributed by atoms with van der Waals surface area (Å²) >= 11 is 12.0. The fourth-order valence-electron chi connectivity index (χ4n) is 3.75. The number of pyridine rings is 1. The van der Waals surface area contributed by atoms with Crippen LogP contribution in [0.2, 0.25) is 10.0 Å². The highest BCUT2D eigenvalue weighted by Gasteiger charge is 2.26. The molecule has 3 aromatic rings. The minimum atomic E-state index is -0.527. The van der Waals surface area contributed by atoms with E-state index in [1.165, 1.54) is 12.1 Å². The van der Waals surface area contributed by atoms with E-state index in [0.717, 1.165) is 41.7 Å². The van der Waals surface area contributed by atoms with Gasteiger partial charge in [-0.3, -0.25) is 14.7 Å². The molecule has 154 valence electrons. The van der Waals surface area contributed by atoms with Gasteiger partial charge in [0.25, 0.3) is 0 Å². The van der Waals surface area contributed by atoms with Crippen LogP contribution < -0.4 is 0 Å². The number of para-hydroxylation sites is 1. The number of Topliss-reactive ketones (excluding diaryl/α,β-unsaturated/α-hetero) is 1. The van der Waals surface area contributed by atoms with E-state index in [1.54, 1.807) is 6.07 Å². The molecule has 1 aliphatic heterocycles. The number of carbonyl (C=O) groups is 2. The SMILES string of the molecule is CCN1CCc2nc3ccccc3c(C(=O)OCC(=O)c3ccc(Cl)cc3Cl)c2C1. The number of fused-ring (bicyclic) bond motifs is 2. The summed E-state index contributed by atoms with van der Waals surface area (Å²) in [6.45, 7) is 4.10. The minimum Gasteiger partial charge on any atom is -0.454 e. The van der Waals surface area contributed by atoms with Gasteiger partial charge in [0.1, 0.15) is 0 Å². The summed E-state index contributed by atoms with van der Waals surface area (Å²) in [6.07, 6.45) is 0.771. The van der Waals surface area contributed by atoms with Crippen LogP contribution in [-0.4, -0.2) is 41.3 Å². The van der Waals surface area contributed by atoms with Gasteiger partial charge in [-0.15, -0.1) is 0 Å². The Bertz CT molecular complexity index is 1150. The molecule has 0 bridgehead atoms. The Morgan fingerprint density at radius 3 is 2.73 bits per heavy atom. The molecule has 0 radical (unpaired) electrons. The molecular weight excluding hydrogens is 423 g/mol. The van der Waals surface area contributed by atoms with E-state index in [2.05, 4.69) is 11.8 Å². The molecule has 4 rings (SSSR count). The molecule has 0 aliphatic carbocycles. The van der Waals surface area contributed by atoms with E-state index in [4.69, 9.17) is 32.9 Å². The van der Waals surface area contributed by atoms with Gasteiger partial charge in [-0.1, -0.05) is 48.3 Å². The third-order valence-electron chi connectivity index (χ3n) is 5.34. The Labute approximate surface area is 184 Å². The van der Waals surface area contributed by atoms with Gasteiger partial charge in [-0.25, -0.2) is 4.79 Å². The molecule has 0 saturated heterocycles. The summed E-state index contributed by atoms with van der Waals surface area (Å²) in [5.41, 5.74) is 3.30. The Morgan fingerprint density at radius 2 is 1.97 bits per heavy atom. The summed E-state index contributed by atoms with van der Waals surface area (Å²) in [5, 5.41) is 1.40. The van der Waals surface area contributed by atoms with Crippen molar-refractivity contribution in [2.24, 2.45) is 0 Å². The van der Waals surface area contributed by atoms with E-state index in [9.17, 15) is 9.59 Å². The van der Waals surface area contributed by atoms with Gasteiger partial charge in [-0.05, 0) is 30.8 Å². The molecule has 5 nitrogen and oxygen atoms in total. The summed E-state index contributed by atoms with van der Waals surface area (Å²) in [6, 6.07) is 12.1. The zero-order valence-electron chi connectivity index (χ0n) is 16.5. The maximum Gasteiger partial charge on any atom is 0.339 e. The number of benzene rings is 2. The van der Waals surface area contributed by atoms with Crippen molar-refractivity contribution in [2.45, 2.75) is 19.9 Å². The standard InChI is InChI=1S/C23H20Cl2N2O3/c1-2-27-10-9-20-17(12-27)22(16-5-3-4-6-19(16)26-20)23(29)30-13-21(28)15-8-7-14(24)11-18(15)25/h3-8,11H,2,9-10,12-13H2,1H3. The van der Waals surface area contributed by atoms with E-state index >= 15 is 0 Å². The third kappa shape index (κ3) is 4.06. The number of carbonyl (C=O) groups excluding carboxylic acids is 2. The molecule has 30 heavy (non-hydrogen) atoms. The van der Waals surface area contributed by atoms with Crippen molar-refractivity contribution in [2.75, 3.05) is 19.7 Å². The fourth-order valence-corrected chi connectivity index (χ4v) is 4.26. The van der Waals surface area contributed by atoms with Crippen LogP contribution in [-0.2, 0) is 17.7 Å². The van der Waals surface area contributed by atoms with E-state index in [0.29, 0.717) is 17.1 Å². The lowest BCUT2D eigenvalue weighted by molar-refractivity contribution is 0.0474. The number of ketones is 1. The van der Waals surface area contributed by atoms with Crippen LogP contribution in [0.5, 0.6) is 0 Å². The van der Waals surface area contributed by atoms with Gasteiger partial charge in [0.2, 0.25) is 5.78 Å². The van der Waals surface area contributed by atoms with Crippen LogP contribution in [0.1, 0.15) is 38.9 Å². The van der Waals surface area contributed by atoms with Crippen LogP contribution in [0.3, 0.4) is 0 Å². The lowest BCUT2D eigenvalue weighted by Crippen LogP contribution is -2.32. The third-order valence-corrected chi connectivity index (χ3v) is 5.89. The number of rotatable bonds is 5. The van der Waals surface area contributed by atoms with Crippen molar-refractivity contribution in [3.8, 4) is 0 Å². The zero-order chi connectivity index (χ0) is 21.3. The van der Waals surface area contributed by atoms with Crippen molar-refractivity contribution in [1.82, 2.24) is 9.88 Å². The van der Waals surface area contributed by atoms with Crippen LogP contribution in [0.4, 0.5) is 0 Å². The zero-order valence-corrected chi connectivity index (χ0v) is 18.0. The van der Waals surface area contributed by atoms with Crippen LogP contribution >= 0.6 is 23.2 Å². The van der Waals surface area contributed by atoms with E-state index < -0.39 is 12.6 Å². The molecule has 0 N–H and O–H groups in total. The fraction of sp³-hybridized carbons (Fsp3) is 0.261. The van der Waals surface area contributed by atoms with Gasteiger partial charge >= 0.3 is 5.97 Å². The first-order valence-electron chi connectivity index (χ1n) is 9.76. The summed E-state index contributed by atoms with van der Waals surface area (Å²) < 4.78 is 5.45. The van der Waals surface area contributed by atoms with Gasteiger partial charge < -0.3 is 4.74 Å². The van der Waals surface area contributed by atoms with E-state index in [-0.39, 0.29) is 16.4 Å². The predicted octanol–water partition coefficient (Wildman–Crippen LogP) is 4.96. The van der Waals surface area contributed by atoms with Crippen molar-refractivity contribution in [1.29, 1.82) is 0 Å². The molecule has 1 aliphatic rings. The van der Waals surface area contributed by atoms with Crippen molar-refractivity contribution in [3.63, 3.8) is 0 Å². The number of nitrogens with zero attached hydrogens (tertiary/aromatic N) is 2. The second-order valence-corrected chi connectivity index (χ2v) is 8.02. The Kier molecular flexibility index (Phi) is 6.04. The quantitative estimate of drug-likeness (QED) is 0.412. The lowest BCUT2D eigenvalue weighted by atomic mass is 9.96. The molecule has 0 unspecified atom stereocenters. The average Bonchev–Trinajstić information content (AvgIpc) is 2.75. The Morgan fingerprint density at radius 1 is 1.17 bits per heavy atom. The number of hydrogen-bond acceptors (Lipinski definition) is 5. The first-order valence-corrected chi connectivity index (χ1v) is 10.5. The highest BCUT2D eigenvalue weighted by Crippen LogP contribution is 2.29. The van der Waals surface area contributed by atoms with E-state index in [1.807, 2.05) is 24.3 Å². The first kappa shape index (κ1) is 20.8. The average molecular weight is 443 g/mol. The maximum atomic E-state index is 13.1. The molecule has 0 atom stereocenters. The molecule has 0 amide bonds. The van der Waals surface area contributed by atoms with Crippen LogP contribution in [0, 0.1) is 0 Å². The van der Waals surface area contributed by atoms with Gasteiger partial charge in [0.05, 0.1) is 16.1 Å². The maximum absolute atomic E-state index is 13.1. The smallest absolute Gasteiger partial charge is 0.339 e. The highest BCUT2D eigenvalue weighted by atomic mass is 35.5. The molecule has 1 aromatic heterocycles. The van der Waals surface area contributed by atoms with Crippen molar-refractivity contribution in [3.05, 3.63) is 74.9 Å². The van der Waals surface area contributed by atoms with Gasteiger partial charge in [0, 0.05) is 46.7 Å². The van der Waals surface area contributed by atoms with Crippen molar-refractivity contribution < 1.29 is 14.3 Å². The number of ether oxygens (including phenoxy) is 1. The second-order valence-electron chi connectivity index (χ2n) is 7.17. The molecular formula is C23H20Cl2N2O3. The summed E-state index contributed by atoms with van der Waals surface area (Å²) in [4.78, 5) is 32.7. The summed E-state index contributed by atoms with van der Waals surface area (Å²) in [5.74, 6) is -0.909. The van der Waals surface area contributed by atoms with Gasteiger partial charge in [0.15, 0.2) is 6.61 Å². The minimum absolute atomic E-state index is 0.230. The van der Waals surface area contributed by atoms with Gasteiger partial charge in [-0.2, -0.15) is 0 Å². The van der Waals surface area contributed by atoms with Crippen LogP contribution in [0.15, 0.2) is 42.5 Å². The molecule has 0 spiro atoms. The number of halogens is 2. The van der Waals surface area contributed by atoms with Crippen LogP contribution in [0.25, 0.3) is 10.9 Å². The number of likely N-dealkylation sites (N-methyl/N-ethyl adjacent to an activating group) is 1. The predicted molar refractivity (Wildman–Crippen MR) is 117 cm³/mol. The lowest BCUT2D eigenvalue weighted by Gasteiger charge is -2.28. The Balaban J connectivity index is 1.65. The number of hydrogen-bond donors (Lipinski definition) is 0. The molecule has 2 aromatic carbocycles. The number of esters is 1. The topological polar surface area (TPSA) is 59.5 Å².